The Kier molecular flexibility index (Phi) is 5.41. The number of hydrogen-bond donors (Lipinski definition) is 1. The van der Waals surface area contributed by atoms with Crippen LogP contribution in [0, 0.1) is 13.8 Å². The molecule has 1 aromatic carbocycles. The van der Waals surface area contributed by atoms with Gasteiger partial charge < -0.3 is 14.4 Å². The van der Waals surface area contributed by atoms with Gasteiger partial charge >= 0.3 is 0 Å². The molecule has 0 saturated heterocycles. The predicted octanol–water partition coefficient (Wildman–Crippen LogP) is 3.69. The van der Waals surface area contributed by atoms with Crippen molar-refractivity contribution < 1.29 is 9.32 Å². The minimum absolute atomic E-state index is 0.161. The van der Waals surface area contributed by atoms with E-state index in [0.717, 1.165) is 23.5 Å². The Bertz CT molecular complexity index is 918. The van der Waals surface area contributed by atoms with E-state index in [9.17, 15) is 4.79 Å². The van der Waals surface area contributed by atoms with E-state index >= 15 is 0 Å². The van der Waals surface area contributed by atoms with Crippen LogP contribution in [-0.4, -0.2) is 31.1 Å². The first kappa shape index (κ1) is 18.2. The van der Waals surface area contributed by atoms with Crippen molar-refractivity contribution in [2.75, 3.05) is 5.32 Å². The van der Waals surface area contributed by atoms with Crippen LogP contribution < -0.4 is 5.32 Å². The van der Waals surface area contributed by atoms with Crippen LogP contribution in [0.5, 0.6) is 0 Å². The molecule has 136 valence electrons. The summed E-state index contributed by atoms with van der Waals surface area (Å²) in [6.07, 6.45) is 0. The highest BCUT2D eigenvalue weighted by atomic mass is 32.2. The molecule has 0 spiro atoms. The zero-order valence-corrected chi connectivity index (χ0v) is 16.0. The highest BCUT2D eigenvalue weighted by molar-refractivity contribution is 8.00. The summed E-state index contributed by atoms with van der Waals surface area (Å²) in [7, 11) is 0. The molecule has 2 aromatic heterocycles. The first-order valence-electron chi connectivity index (χ1n) is 8.39. The fourth-order valence-electron chi connectivity index (χ4n) is 2.55. The largest absolute Gasteiger partial charge is 0.360 e. The molecule has 1 atom stereocenters. The number of hydrogen-bond acceptors (Lipinski definition) is 6. The van der Waals surface area contributed by atoms with Crippen molar-refractivity contribution in [1.29, 1.82) is 0 Å². The summed E-state index contributed by atoms with van der Waals surface area (Å²) in [5.74, 6) is 1.71. The van der Waals surface area contributed by atoms with Crippen LogP contribution in [0.1, 0.15) is 25.2 Å². The lowest BCUT2D eigenvalue weighted by Crippen LogP contribution is -2.23. The maximum Gasteiger partial charge on any atom is 0.238 e. The molecule has 0 fully saturated rings. The lowest BCUT2D eigenvalue weighted by Gasteiger charge is -2.12. The van der Waals surface area contributed by atoms with Gasteiger partial charge in [0.2, 0.25) is 5.91 Å². The number of aromatic nitrogens is 4. The van der Waals surface area contributed by atoms with E-state index in [1.807, 2.05) is 49.6 Å². The topological polar surface area (TPSA) is 85.8 Å². The molecule has 8 heteroatoms. The summed E-state index contributed by atoms with van der Waals surface area (Å²) in [6.45, 7) is 8.41. The molecule has 0 aliphatic carbocycles. The summed E-state index contributed by atoms with van der Waals surface area (Å²) in [5, 5.41) is 15.5. The summed E-state index contributed by atoms with van der Waals surface area (Å²) in [5.41, 5.74) is 2.18. The summed E-state index contributed by atoms with van der Waals surface area (Å²) >= 11 is 1.37. The van der Waals surface area contributed by atoms with E-state index < -0.39 is 0 Å². The van der Waals surface area contributed by atoms with Gasteiger partial charge in [0.25, 0.3) is 0 Å². The van der Waals surface area contributed by atoms with E-state index in [2.05, 4.69) is 20.7 Å². The molecule has 0 saturated carbocycles. The monoisotopic (exact) mass is 371 g/mol. The summed E-state index contributed by atoms with van der Waals surface area (Å²) < 4.78 is 6.99. The van der Waals surface area contributed by atoms with E-state index in [-0.39, 0.29) is 11.2 Å². The number of carbonyl (C=O) groups is 1. The van der Waals surface area contributed by atoms with Gasteiger partial charge in [0.15, 0.2) is 16.8 Å². The minimum Gasteiger partial charge on any atom is -0.360 e. The standard InChI is InChI=1S/C18H21N5O2S/c1-5-23-16(14-9-7-6-8-11(14)2)20-21-18(23)26-13(4)17(24)19-15-10-12(3)25-22-15/h6-10,13H,5H2,1-4H3,(H,19,22,24)/t13-/m0/s1. The molecule has 7 nitrogen and oxygen atoms in total. The zero-order valence-electron chi connectivity index (χ0n) is 15.2. The molecule has 0 radical (unpaired) electrons. The maximum absolute atomic E-state index is 12.4. The van der Waals surface area contributed by atoms with Crippen LogP contribution in [0.25, 0.3) is 11.4 Å². The predicted molar refractivity (Wildman–Crippen MR) is 101 cm³/mol. The number of anilines is 1. The van der Waals surface area contributed by atoms with Gasteiger partial charge in [0, 0.05) is 18.2 Å². The Hall–Kier alpha value is -2.61. The van der Waals surface area contributed by atoms with Crippen LogP contribution in [-0.2, 0) is 11.3 Å². The average molecular weight is 371 g/mol. The van der Waals surface area contributed by atoms with Crippen molar-refractivity contribution in [3.63, 3.8) is 0 Å². The molecule has 1 amide bonds. The second-order valence-electron chi connectivity index (χ2n) is 5.94. The van der Waals surface area contributed by atoms with Crippen LogP contribution in [0.3, 0.4) is 0 Å². The Labute approximate surface area is 156 Å². The number of nitrogens with zero attached hydrogens (tertiary/aromatic N) is 4. The first-order chi connectivity index (χ1) is 12.5. The SMILES string of the molecule is CCn1c(S[C@@H](C)C(=O)Nc2cc(C)on2)nnc1-c1ccccc1C. The molecule has 0 aliphatic rings. The van der Waals surface area contributed by atoms with E-state index in [1.54, 1.807) is 13.0 Å². The number of rotatable bonds is 6. The molecular formula is C18H21N5O2S. The van der Waals surface area contributed by atoms with Crippen LogP contribution in [0.2, 0.25) is 0 Å². The highest BCUT2D eigenvalue weighted by Crippen LogP contribution is 2.28. The Balaban J connectivity index is 1.77. The molecule has 0 aliphatic heterocycles. The van der Waals surface area contributed by atoms with Crippen molar-refractivity contribution in [2.24, 2.45) is 0 Å². The minimum atomic E-state index is -0.355. The molecule has 2 heterocycles. The summed E-state index contributed by atoms with van der Waals surface area (Å²) in [6, 6.07) is 9.74. The molecule has 0 unspecified atom stereocenters. The second-order valence-corrected chi connectivity index (χ2v) is 7.25. The lowest BCUT2D eigenvalue weighted by atomic mass is 10.1. The number of thioether (sulfide) groups is 1. The Morgan fingerprint density at radius 3 is 2.73 bits per heavy atom. The fourth-order valence-corrected chi connectivity index (χ4v) is 3.46. The fraction of sp³-hybridized carbons (Fsp3) is 0.333. The number of nitrogens with one attached hydrogen (secondary N) is 1. The number of benzene rings is 1. The van der Waals surface area contributed by atoms with Crippen LogP contribution in [0.4, 0.5) is 5.82 Å². The molecule has 1 N–H and O–H groups in total. The van der Waals surface area contributed by atoms with Crippen molar-refractivity contribution >= 4 is 23.5 Å². The smallest absolute Gasteiger partial charge is 0.238 e. The van der Waals surface area contributed by atoms with E-state index in [0.29, 0.717) is 16.7 Å². The molecule has 3 aromatic rings. The molecule has 26 heavy (non-hydrogen) atoms. The normalized spacial score (nSPS) is 12.2. The van der Waals surface area contributed by atoms with Crippen LogP contribution in [0.15, 0.2) is 40.0 Å². The van der Waals surface area contributed by atoms with Gasteiger partial charge in [-0.2, -0.15) is 0 Å². The quantitative estimate of drug-likeness (QED) is 0.665. The van der Waals surface area contributed by atoms with Crippen LogP contribution >= 0.6 is 11.8 Å². The number of aryl methyl sites for hydroxylation is 2. The maximum atomic E-state index is 12.4. The second kappa shape index (κ2) is 7.74. The molecule has 3 rings (SSSR count). The molecule has 0 bridgehead atoms. The third-order valence-electron chi connectivity index (χ3n) is 3.95. The lowest BCUT2D eigenvalue weighted by molar-refractivity contribution is -0.115. The Morgan fingerprint density at radius 2 is 2.08 bits per heavy atom. The van der Waals surface area contributed by atoms with Gasteiger partial charge in [-0.3, -0.25) is 4.79 Å². The van der Waals surface area contributed by atoms with Gasteiger partial charge in [-0.05, 0) is 33.3 Å². The average Bonchev–Trinajstić information content (AvgIpc) is 3.21. The number of amides is 1. The highest BCUT2D eigenvalue weighted by Gasteiger charge is 2.21. The van der Waals surface area contributed by atoms with Crippen molar-refractivity contribution in [3.05, 3.63) is 41.7 Å². The Morgan fingerprint density at radius 1 is 1.31 bits per heavy atom. The van der Waals surface area contributed by atoms with Gasteiger partial charge in [-0.25, -0.2) is 0 Å². The first-order valence-corrected chi connectivity index (χ1v) is 9.27. The van der Waals surface area contributed by atoms with Crippen molar-refractivity contribution in [3.8, 4) is 11.4 Å². The summed E-state index contributed by atoms with van der Waals surface area (Å²) in [4.78, 5) is 12.4. The van der Waals surface area contributed by atoms with Crippen molar-refractivity contribution in [1.82, 2.24) is 19.9 Å². The molecular weight excluding hydrogens is 350 g/mol. The van der Waals surface area contributed by atoms with E-state index in [4.69, 9.17) is 4.52 Å². The van der Waals surface area contributed by atoms with Gasteiger partial charge in [-0.1, -0.05) is 41.2 Å². The van der Waals surface area contributed by atoms with Gasteiger partial charge in [0.05, 0.1) is 5.25 Å². The number of carbonyl (C=O) groups excluding carboxylic acids is 1. The van der Waals surface area contributed by atoms with Gasteiger partial charge in [-0.15, -0.1) is 10.2 Å². The van der Waals surface area contributed by atoms with Gasteiger partial charge in [0.1, 0.15) is 5.76 Å². The third-order valence-corrected chi connectivity index (χ3v) is 5.03. The van der Waals surface area contributed by atoms with E-state index in [1.165, 1.54) is 11.8 Å². The zero-order chi connectivity index (χ0) is 18.7. The third kappa shape index (κ3) is 3.80. The van der Waals surface area contributed by atoms with Crippen molar-refractivity contribution in [2.45, 2.75) is 44.6 Å².